The van der Waals surface area contributed by atoms with Crippen LogP contribution in [0.1, 0.15) is 17.5 Å². The third-order valence-corrected chi connectivity index (χ3v) is 5.47. The monoisotopic (exact) mass is 462 g/mol. The van der Waals surface area contributed by atoms with Crippen LogP contribution in [0.3, 0.4) is 0 Å². The van der Waals surface area contributed by atoms with Crippen LogP contribution in [0.4, 0.5) is 24.7 Å². The van der Waals surface area contributed by atoms with E-state index >= 15 is 0 Å². The summed E-state index contributed by atoms with van der Waals surface area (Å²) >= 11 is 0. The maximum Gasteiger partial charge on any atom is 0.573 e. The fraction of sp³-hybridized carbons (Fsp3) is 0.318. The predicted molar refractivity (Wildman–Crippen MR) is 114 cm³/mol. The van der Waals surface area contributed by atoms with Crippen molar-refractivity contribution >= 4 is 11.5 Å². The van der Waals surface area contributed by atoms with Gasteiger partial charge in [-0.05, 0) is 49.2 Å². The molecule has 0 saturated carbocycles. The standard InChI is InChI=1S/C22H21F3N4O4/c1-28-11-3-4-18(21(28)31)26-19-17-12-15(32-2)9-10-16(17)20(30)29(27-19)13-5-7-14(8-6-13)33-22(23,24)25/h3-8,11,15H,9-10,12H2,1-2H3,(H,26,27). The number of rotatable bonds is 5. The Labute approximate surface area is 186 Å². The summed E-state index contributed by atoms with van der Waals surface area (Å²) in [7, 11) is 3.21. The van der Waals surface area contributed by atoms with Gasteiger partial charge in [0, 0.05) is 37.9 Å². The number of aryl methyl sites for hydroxylation is 1. The van der Waals surface area contributed by atoms with E-state index < -0.39 is 12.1 Å². The molecule has 1 aliphatic carbocycles. The van der Waals surface area contributed by atoms with Gasteiger partial charge in [-0.25, -0.2) is 0 Å². The van der Waals surface area contributed by atoms with Gasteiger partial charge in [-0.2, -0.15) is 4.68 Å². The summed E-state index contributed by atoms with van der Waals surface area (Å²) < 4.78 is 49.3. The zero-order valence-electron chi connectivity index (χ0n) is 17.8. The molecule has 3 aromatic rings. The molecule has 1 aliphatic rings. The molecular weight excluding hydrogens is 441 g/mol. The number of nitrogens with one attached hydrogen (secondary N) is 1. The van der Waals surface area contributed by atoms with Crippen molar-refractivity contribution in [2.75, 3.05) is 12.4 Å². The number of methoxy groups -OCH3 is 1. The maximum absolute atomic E-state index is 13.2. The van der Waals surface area contributed by atoms with Gasteiger partial charge in [-0.1, -0.05) is 0 Å². The number of alkyl halides is 3. The van der Waals surface area contributed by atoms with Crippen molar-refractivity contribution in [1.29, 1.82) is 0 Å². The quantitative estimate of drug-likeness (QED) is 0.627. The lowest BCUT2D eigenvalue weighted by Gasteiger charge is -2.25. The maximum atomic E-state index is 13.2. The number of hydrogen-bond donors (Lipinski definition) is 1. The van der Waals surface area contributed by atoms with Crippen LogP contribution in [0.15, 0.2) is 52.2 Å². The lowest BCUT2D eigenvalue weighted by molar-refractivity contribution is -0.274. The summed E-state index contributed by atoms with van der Waals surface area (Å²) in [6.45, 7) is 0. The molecule has 0 radical (unpaired) electrons. The van der Waals surface area contributed by atoms with Crippen molar-refractivity contribution in [3.05, 3.63) is 74.4 Å². The molecule has 1 atom stereocenters. The molecule has 11 heteroatoms. The summed E-state index contributed by atoms with van der Waals surface area (Å²) in [5.74, 6) is -0.100. The third kappa shape index (κ3) is 4.77. The highest BCUT2D eigenvalue weighted by atomic mass is 19.4. The van der Waals surface area contributed by atoms with E-state index in [-0.39, 0.29) is 28.6 Å². The van der Waals surface area contributed by atoms with Crippen LogP contribution in [-0.4, -0.2) is 33.9 Å². The van der Waals surface area contributed by atoms with Gasteiger partial charge in [-0.15, -0.1) is 18.3 Å². The van der Waals surface area contributed by atoms with Gasteiger partial charge in [0.1, 0.15) is 11.4 Å². The molecule has 8 nitrogen and oxygen atoms in total. The van der Waals surface area contributed by atoms with Crippen LogP contribution < -0.4 is 21.2 Å². The van der Waals surface area contributed by atoms with E-state index in [9.17, 15) is 22.8 Å². The molecule has 33 heavy (non-hydrogen) atoms. The first-order valence-electron chi connectivity index (χ1n) is 10.1. The van der Waals surface area contributed by atoms with Crippen LogP contribution in [0, 0.1) is 0 Å². The Morgan fingerprint density at radius 3 is 2.48 bits per heavy atom. The van der Waals surface area contributed by atoms with Crippen molar-refractivity contribution in [1.82, 2.24) is 14.3 Å². The number of anilines is 2. The first-order chi connectivity index (χ1) is 15.7. The topological polar surface area (TPSA) is 87.4 Å². The van der Waals surface area contributed by atoms with Gasteiger partial charge in [0.15, 0.2) is 5.82 Å². The molecular formula is C22H21F3N4O4. The summed E-state index contributed by atoms with van der Waals surface area (Å²) in [5.41, 5.74) is 1.04. The fourth-order valence-corrected chi connectivity index (χ4v) is 3.80. The minimum atomic E-state index is -4.82. The Hall–Kier alpha value is -3.60. The van der Waals surface area contributed by atoms with Gasteiger partial charge < -0.3 is 19.4 Å². The molecule has 2 heterocycles. The van der Waals surface area contributed by atoms with Gasteiger partial charge in [0.25, 0.3) is 11.1 Å². The van der Waals surface area contributed by atoms with Crippen molar-refractivity contribution < 1.29 is 22.6 Å². The molecule has 1 N–H and O–H groups in total. The SMILES string of the molecule is COC1CCc2c(c(Nc3cccn(C)c3=O)nn(-c3ccc(OC(F)(F)F)cc3)c2=O)C1. The Balaban J connectivity index is 1.80. The first kappa shape index (κ1) is 22.6. The van der Waals surface area contributed by atoms with Gasteiger partial charge >= 0.3 is 6.36 Å². The summed E-state index contributed by atoms with van der Waals surface area (Å²) in [6, 6.07) is 8.14. The summed E-state index contributed by atoms with van der Waals surface area (Å²) in [4.78, 5) is 25.7. The number of benzene rings is 1. The number of ether oxygens (including phenoxy) is 2. The summed E-state index contributed by atoms with van der Waals surface area (Å²) in [6.07, 6.45) is -1.81. The molecule has 0 fully saturated rings. The molecule has 0 bridgehead atoms. The lowest BCUT2D eigenvalue weighted by Crippen LogP contribution is -2.34. The lowest BCUT2D eigenvalue weighted by atomic mass is 9.91. The molecule has 174 valence electrons. The minimum Gasteiger partial charge on any atom is -0.406 e. The van der Waals surface area contributed by atoms with Gasteiger partial charge in [-0.3, -0.25) is 9.59 Å². The van der Waals surface area contributed by atoms with E-state index in [1.54, 1.807) is 32.5 Å². The normalized spacial score (nSPS) is 15.7. The molecule has 0 aliphatic heterocycles. The zero-order chi connectivity index (χ0) is 23.8. The van der Waals surface area contributed by atoms with Gasteiger partial charge in [0.05, 0.1) is 11.8 Å². The van der Waals surface area contributed by atoms with Crippen LogP contribution in [-0.2, 0) is 24.6 Å². The molecule has 2 aromatic heterocycles. The van der Waals surface area contributed by atoms with Crippen LogP contribution in [0.2, 0.25) is 0 Å². The Kier molecular flexibility index (Phi) is 5.98. The van der Waals surface area contributed by atoms with E-state index in [0.29, 0.717) is 36.2 Å². The highest BCUT2D eigenvalue weighted by Gasteiger charge is 2.31. The van der Waals surface area contributed by atoms with Gasteiger partial charge in [0.2, 0.25) is 0 Å². The second-order valence-corrected chi connectivity index (χ2v) is 7.63. The molecule has 1 aromatic carbocycles. The molecule has 0 saturated heterocycles. The van der Waals surface area contributed by atoms with Crippen molar-refractivity contribution in [3.8, 4) is 11.4 Å². The molecule has 4 rings (SSSR count). The van der Waals surface area contributed by atoms with E-state index in [4.69, 9.17) is 4.74 Å². The van der Waals surface area contributed by atoms with Crippen molar-refractivity contribution in [2.24, 2.45) is 7.05 Å². The number of pyridine rings is 1. The number of fused-ring (bicyclic) bond motifs is 1. The highest BCUT2D eigenvalue weighted by molar-refractivity contribution is 5.60. The van der Waals surface area contributed by atoms with Crippen molar-refractivity contribution in [3.63, 3.8) is 0 Å². The highest BCUT2D eigenvalue weighted by Crippen LogP contribution is 2.28. The number of halogens is 3. The number of aromatic nitrogens is 3. The predicted octanol–water partition coefficient (Wildman–Crippen LogP) is 3.08. The summed E-state index contributed by atoms with van der Waals surface area (Å²) in [5, 5.41) is 7.45. The first-order valence-corrected chi connectivity index (χ1v) is 10.1. The Bertz CT molecular complexity index is 1280. The third-order valence-electron chi connectivity index (χ3n) is 5.47. The van der Waals surface area contributed by atoms with Crippen LogP contribution in [0.5, 0.6) is 5.75 Å². The van der Waals surface area contributed by atoms with E-state index in [1.807, 2.05) is 0 Å². The fourth-order valence-electron chi connectivity index (χ4n) is 3.80. The average molecular weight is 462 g/mol. The van der Waals surface area contributed by atoms with Crippen LogP contribution >= 0.6 is 0 Å². The number of hydrogen-bond acceptors (Lipinski definition) is 6. The second kappa shape index (κ2) is 8.74. The molecule has 0 spiro atoms. The van der Waals surface area contributed by atoms with E-state index in [0.717, 1.165) is 16.8 Å². The minimum absolute atomic E-state index is 0.104. The number of nitrogens with zero attached hydrogens (tertiary/aromatic N) is 3. The smallest absolute Gasteiger partial charge is 0.406 e. The zero-order valence-corrected chi connectivity index (χ0v) is 17.8. The largest absolute Gasteiger partial charge is 0.573 e. The van der Waals surface area contributed by atoms with E-state index in [1.165, 1.54) is 16.7 Å². The molecule has 0 amide bonds. The molecule has 1 unspecified atom stereocenters. The van der Waals surface area contributed by atoms with E-state index in [2.05, 4.69) is 15.2 Å². The average Bonchev–Trinajstić information content (AvgIpc) is 2.78. The van der Waals surface area contributed by atoms with Crippen molar-refractivity contribution in [2.45, 2.75) is 31.7 Å². The van der Waals surface area contributed by atoms with Crippen LogP contribution in [0.25, 0.3) is 5.69 Å². The Morgan fingerprint density at radius 2 is 1.82 bits per heavy atom. The Morgan fingerprint density at radius 1 is 1.09 bits per heavy atom. The second-order valence-electron chi connectivity index (χ2n) is 7.63.